The fourth-order valence-corrected chi connectivity index (χ4v) is 1.63. The van der Waals surface area contributed by atoms with Crippen LogP contribution in [0.4, 0.5) is 0 Å². The molecule has 4 N–H and O–H groups in total. The standard InChI is InChI=1S/C12H18N2O2/c1-7-8(2)11(16-3)5-4-9(7)6-10(13)12(14)15/h4-5,10H,6,13H2,1-3H3,(H2,14,15). The second kappa shape index (κ2) is 4.99. The largest absolute Gasteiger partial charge is 0.496 e. The van der Waals surface area contributed by atoms with Crippen molar-refractivity contribution in [2.75, 3.05) is 7.11 Å². The lowest BCUT2D eigenvalue weighted by molar-refractivity contribution is -0.119. The minimum Gasteiger partial charge on any atom is -0.496 e. The van der Waals surface area contributed by atoms with Crippen molar-refractivity contribution in [3.05, 3.63) is 28.8 Å². The number of ether oxygens (including phenoxy) is 1. The Hall–Kier alpha value is -1.55. The predicted molar refractivity (Wildman–Crippen MR) is 63.3 cm³/mol. The van der Waals surface area contributed by atoms with E-state index in [0.717, 1.165) is 22.4 Å². The summed E-state index contributed by atoms with van der Waals surface area (Å²) in [5.41, 5.74) is 14.0. The highest BCUT2D eigenvalue weighted by molar-refractivity contribution is 5.80. The second-order valence-electron chi connectivity index (χ2n) is 3.89. The van der Waals surface area contributed by atoms with Gasteiger partial charge < -0.3 is 16.2 Å². The van der Waals surface area contributed by atoms with E-state index in [4.69, 9.17) is 16.2 Å². The summed E-state index contributed by atoms with van der Waals surface area (Å²) in [4.78, 5) is 10.9. The number of rotatable bonds is 4. The van der Waals surface area contributed by atoms with Crippen LogP contribution in [-0.2, 0) is 11.2 Å². The lowest BCUT2D eigenvalue weighted by atomic mass is 9.97. The van der Waals surface area contributed by atoms with Crippen molar-refractivity contribution in [3.63, 3.8) is 0 Å². The molecule has 0 saturated heterocycles. The predicted octanol–water partition coefficient (Wildman–Crippen LogP) is 0.667. The number of hydrogen-bond acceptors (Lipinski definition) is 3. The molecule has 1 unspecified atom stereocenters. The maximum absolute atomic E-state index is 10.9. The Kier molecular flexibility index (Phi) is 3.90. The summed E-state index contributed by atoms with van der Waals surface area (Å²) in [6.45, 7) is 3.97. The second-order valence-corrected chi connectivity index (χ2v) is 3.89. The van der Waals surface area contributed by atoms with Gasteiger partial charge in [-0.15, -0.1) is 0 Å². The molecule has 4 nitrogen and oxygen atoms in total. The molecule has 0 aliphatic carbocycles. The van der Waals surface area contributed by atoms with Crippen LogP contribution in [0.2, 0.25) is 0 Å². The monoisotopic (exact) mass is 222 g/mol. The van der Waals surface area contributed by atoms with Gasteiger partial charge in [-0.25, -0.2) is 0 Å². The highest BCUT2D eigenvalue weighted by atomic mass is 16.5. The third-order valence-electron chi connectivity index (χ3n) is 2.87. The maximum Gasteiger partial charge on any atom is 0.234 e. The molecule has 0 aliphatic heterocycles. The van der Waals surface area contributed by atoms with Crippen LogP contribution >= 0.6 is 0 Å². The van der Waals surface area contributed by atoms with Crippen LogP contribution in [0, 0.1) is 13.8 Å². The van der Waals surface area contributed by atoms with Crippen LogP contribution < -0.4 is 16.2 Å². The molecular formula is C12H18N2O2. The van der Waals surface area contributed by atoms with Gasteiger partial charge in [-0.3, -0.25) is 4.79 Å². The molecule has 0 aliphatic rings. The summed E-state index contributed by atoms with van der Waals surface area (Å²) in [6, 6.07) is 3.17. The Balaban J connectivity index is 2.99. The molecule has 1 amide bonds. The summed E-state index contributed by atoms with van der Waals surface area (Å²) in [5, 5.41) is 0. The number of nitrogens with two attached hydrogens (primary N) is 2. The lowest BCUT2D eigenvalue weighted by Crippen LogP contribution is -2.38. The molecule has 0 heterocycles. The summed E-state index contributed by atoms with van der Waals surface area (Å²) in [7, 11) is 1.64. The van der Waals surface area contributed by atoms with Crippen molar-refractivity contribution in [2.45, 2.75) is 26.3 Å². The number of carbonyl (C=O) groups excluding carboxylic acids is 1. The molecule has 0 fully saturated rings. The molecule has 0 radical (unpaired) electrons. The average Bonchev–Trinajstić information content (AvgIpc) is 2.25. The maximum atomic E-state index is 10.9. The smallest absolute Gasteiger partial charge is 0.234 e. The van der Waals surface area contributed by atoms with E-state index in [2.05, 4.69) is 0 Å². The molecule has 16 heavy (non-hydrogen) atoms. The number of carbonyl (C=O) groups is 1. The number of benzene rings is 1. The highest BCUT2D eigenvalue weighted by Gasteiger charge is 2.13. The van der Waals surface area contributed by atoms with E-state index >= 15 is 0 Å². The van der Waals surface area contributed by atoms with Crippen LogP contribution in [0.15, 0.2) is 12.1 Å². The van der Waals surface area contributed by atoms with Gasteiger partial charge in [0.2, 0.25) is 5.91 Å². The molecular weight excluding hydrogens is 204 g/mol. The molecule has 0 aromatic heterocycles. The topological polar surface area (TPSA) is 78.3 Å². The highest BCUT2D eigenvalue weighted by Crippen LogP contribution is 2.24. The number of methoxy groups -OCH3 is 1. The van der Waals surface area contributed by atoms with Crippen LogP contribution in [0.5, 0.6) is 5.75 Å². The van der Waals surface area contributed by atoms with Gasteiger partial charge >= 0.3 is 0 Å². The SMILES string of the molecule is COc1ccc(CC(N)C(N)=O)c(C)c1C. The van der Waals surface area contributed by atoms with Gasteiger partial charge in [0.05, 0.1) is 13.2 Å². The molecule has 0 spiro atoms. The van der Waals surface area contributed by atoms with Crippen molar-refractivity contribution in [1.29, 1.82) is 0 Å². The van der Waals surface area contributed by atoms with Crippen LogP contribution in [0.25, 0.3) is 0 Å². The molecule has 1 rings (SSSR count). The summed E-state index contributed by atoms with van der Waals surface area (Å²) >= 11 is 0. The molecule has 0 saturated carbocycles. The zero-order chi connectivity index (χ0) is 12.3. The van der Waals surface area contributed by atoms with E-state index in [-0.39, 0.29) is 0 Å². The van der Waals surface area contributed by atoms with Gasteiger partial charge in [0.25, 0.3) is 0 Å². The van der Waals surface area contributed by atoms with Crippen molar-refractivity contribution in [3.8, 4) is 5.75 Å². The van der Waals surface area contributed by atoms with Gasteiger partial charge in [-0.1, -0.05) is 6.07 Å². The van der Waals surface area contributed by atoms with Crippen molar-refractivity contribution in [2.24, 2.45) is 11.5 Å². The van der Waals surface area contributed by atoms with E-state index in [9.17, 15) is 4.79 Å². The Morgan fingerprint density at radius 2 is 2.00 bits per heavy atom. The third kappa shape index (κ3) is 2.52. The quantitative estimate of drug-likeness (QED) is 0.785. The molecule has 1 aromatic carbocycles. The van der Waals surface area contributed by atoms with Crippen LogP contribution in [0.3, 0.4) is 0 Å². The molecule has 1 atom stereocenters. The van der Waals surface area contributed by atoms with Gasteiger partial charge in [0.15, 0.2) is 0 Å². The van der Waals surface area contributed by atoms with Crippen molar-refractivity contribution >= 4 is 5.91 Å². The van der Waals surface area contributed by atoms with Gasteiger partial charge in [0.1, 0.15) is 5.75 Å². The first kappa shape index (κ1) is 12.5. The summed E-state index contributed by atoms with van der Waals surface area (Å²) in [5.74, 6) is 0.363. The first-order chi connectivity index (χ1) is 7.47. The van der Waals surface area contributed by atoms with Crippen molar-refractivity contribution < 1.29 is 9.53 Å². The molecule has 4 heteroatoms. The van der Waals surface area contributed by atoms with E-state index in [1.54, 1.807) is 7.11 Å². The van der Waals surface area contributed by atoms with E-state index in [1.807, 2.05) is 26.0 Å². The number of amides is 1. The first-order valence-corrected chi connectivity index (χ1v) is 5.15. The average molecular weight is 222 g/mol. The lowest BCUT2D eigenvalue weighted by Gasteiger charge is -2.14. The Bertz CT molecular complexity index is 402. The van der Waals surface area contributed by atoms with Crippen LogP contribution in [-0.4, -0.2) is 19.1 Å². The Morgan fingerprint density at radius 1 is 1.38 bits per heavy atom. The Morgan fingerprint density at radius 3 is 2.50 bits per heavy atom. The Labute approximate surface area is 95.6 Å². The van der Waals surface area contributed by atoms with E-state index < -0.39 is 11.9 Å². The number of hydrogen-bond donors (Lipinski definition) is 2. The third-order valence-corrected chi connectivity index (χ3v) is 2.87. The fraction of sp³-hybridized carbons (Fsp3) is 0.417. The van der Waals surface area contributed by atoms with E-state index in [0.29, 0.717) is 6.42 Å². The normalized spacial score (nSPS) is 12.2. The van der Waals surface area contributed by atoms with Gasteiger partial charge in [0, 0.05) is 0 Å². The zero-order valence-corrected chi connectivity index (χ0v) is 9.91. The van der Waals surface area contributed by atoms with Gasteiger partial charge in [-0.2, -0.15) is 0 Å². The molecule has 1 aromatic rings. The minimum atomic E-state index is -0.633. The number of primary amides is 1. The van der Waals surface area contributed by atoms with Gasteiger partial charge in [-0.05, 0) is 43.0 Å². The molecule has 0 bridgehead atoms. The molecule has 88 valence electrons. The minimum absolute atomic E-state index is 0.464. The van der Waals surface area contributed by atoms with E-state index in [1.165, 1.54) is 0 Å². The van der Waals surface area contributed by atoms with Crippen molar-refractivity contribution in [1.82, 2.24) is 0 Å². The summed E-state index contributed by atoms with van der Waals surface area (Å²) < 4.78 is 5.21. The summed E-state index contributed by atoms with van der Waals surface area (Å²) in [6.07, 6.45) is 0.464. The first-order valence-electron chi connectivity index (χ1n) is 5.15. The van der Waals surface area contributed by atoms with Crippen LogP contribution in [0.1, 0.15) is 16.7 Å². The fourth-order valence-electron chi connectivity index (χ4n) is 1.63. The zero-order valence-electron chi connectivity index (χ0n) is 9.91.